The molecule has 0 aromatic carbocycles. The van der Waals surface area contributed by atoms with Crippen LogP contribution in [0.1, 0.15) is 25.5 Å². The molecule has 23 heavy (non-hydrogen) atoms. The van der Waals surface area contributed by atoms with Crippen molar-refractivity contribution in [2.24, 2.45) is 18.0 Å². The lowest BCUT2D eigenvalue weighted by molar-refractivity contribution is 0.195. The molecule has 0 amide bonds. The van der Waals surface area contributed by atoms with Crippen molar-refractivity contribution in [1.29, 1.82) is 0 Å². The van der Waals surface area contributed by atoms with E-state index >= 15 is 0 Å². The molecule has 1 aromatic heterocycles. The minimum absolute atomic E-state index is 0.836. The topological polar surface area (TPSA) is 35.8 Å². The number of piperidine rings is 1. The fourth-order valence-corrected chi connectivity index (χ4v) is 3.61. The third-order valence-electron chi connectivity index (χ3n) is 4.63. The summed E-state index contributed by atoms with van der Waals surface area (Å²) in [6, 6.07) is 2.15. The van der Waals surface area contributed by atoms with Crippen molar-refractivity contribution in [3.05, 3.63) is 22.4 Å². The van der Waals surface area contributed by atoms with Gasteiger partial charge in [-0.15, -0.1) is 0 Å². The first-order chi connectivity index (χ1) is 11.0. The maximum atomic E-state index is 4.41. The Morgan fingerprint density at radius 1 is 1.43 bits per heavy atom. The highest BCUT2D eigenvalue weighted by molar-refractivity contribution is 9.10. The summed E-state index contributed by atoms with van der Waals surface area (Å²) in [4.78, 5) is 9.12. The second kappa shape index (κ2) is 8.73. The minimum atomic E-state index is 0.836. The number of nitrogens with one attached hydrogen (secondary N) is 1. The molecule has 0 aliphatic carbocycles. The molecule has 0 spiro atoms. The largest absolute Gasteiger partial charge is 0.355 e. The molecule has 5 nitrogen and oxygen atoms in total. The van der Waals surface area contributed by atoms with Gasteiger partial charge in [0, 0.05) is 50.6 Å². The van der Waals surface area contributed by atoms with Crippen LogP contribution in [-0.4, -0.2) is 60.6 Å². The van der Waals surface area contributed by atoms with Gasteiger partial charge in [0.1, 0.15) is 0 Å². The summed E-state index contributed by atoms with van der Waals surface area (Å²) in [6.45, 7) is 7.69. The lowest BCUT2D eigenvalue weighted by atomic mass is 9.99. The van der Waals surface area contributed by atoms with Crippen molar-refractivity contribution in [3.63, 3.8) is 0 Å². The van der Waals surface area contributed by atoms with Gasteiger partial charge in [0.2, 0.25) is 0 Å². The number of aliphatic imine (C=N–C) groups is 1. The van der Waals surface area contributed by atoms with E-state index in [9.17, 15) is 0 Å². The van der Waals surface area contributed by atoms with Gasteiger partial charge >= 0.3 is 0 Å². The van der Waals surface area contributed by atoms with E-state index in [4.69, 9.17) is 0 Å². The van der Waals surface area contributed by atoms with Crippen molar-refractivity contribution in [3.8, 4) is 0 Å². The Morgan fingerprint density at radius 3 is 2.70 bits per heavy atom. The van der Waals surface area contributed by atoms with E-state index in [1.165, 1.54) is 31.6 Å². The van der Waals surface area contributed by atoms with Crippen molar-refractivity contribution in [1.82, 2.24) is 19.7 Å². The molecule has 1 aromatic rings. The van der Waals surface area contributed by atoms with Gasteiger partial charge in [-0.1, -0.05) is 6.92 Å². The number of rotatable bonds is 5. The number of hydrogen-bond acceptors (Lipinski definition) is 2. The lowest BCUT2D eigenvalue weighted by Crippen LogP contribution is -2.43. The maximum absolute atomic E-state index is 4.41. The molecular weight excluding hydrogens is 354 g/mol. The van der Waals surface area contributed by atoms with Gasteiger partial charge in [-0.25, -0.2) is 0 Å². The summed E-state index contributed by atoms with van der Waals surface area (Å²) >= 11 is 3.53. The maximum Gasteiger partial charge on any atom is 0.193 e. The molecule has 0 atom stereocenters. The van der Waals surface area contributed by atoms with E-state index < -0.39 is 0 Å². The number of nitrogens with zero attached hydrogens (tertiary/aromatic N) is 4. The summed E-state index contributed by atoms with van der Waals surface area (Å²) in [7, 11) is 6.00. The summed E-state index contributed by atoms with van der Waals surface area (Å²) in [5.74, 6) is 1.84. The van der Waals surface area contributed by atoms with E-state index in [1.54, 1.807) is 0 Å². The fraction of sp³-hybridized carbons (Fsp3) is 0.706. The molecule has 1 fully saturated rings. The molecular formula is C17H30BrN5. The fourth-order valence-electron chi connectivity index (χ4n) is 3.04. The molecule has 1 N–H and O–H groups in total. The first kappa shape index (κ1) is 18.3. The number of halogens is 1. The van der Waals surface area contributed by atoms with Crippen LogP contribution in [0.2, 0.25) is 0 Å². The number of hydrogen-bond donors (Lipinski definition) is 1. The van der Waals surface area contributed by atoms with E-state index in [0.717, 1.165) is 36.0 Å². The Bertz CT molecular complexity index is 517. The molecule has 0 saturated carbocycles. The highest BCUT2D eigenvalue weighted by Gasteiger charge is 2.15. The molecule has 1 saturated heterocycles. The standard InChI is InChI=1S/C17H30BrN5/c1-14-5-8-23(9-6-14)10-7-20-17(19-2)22(4)13-16-11-15(18)12-21(16)3/h11-12,14H,5-10,13H2,1-4H3,(H,19,20). The van der Waals surface area contributed by atoms with Crippen LogP contribution in [0, 0.1) is 5.92 Å². The summed E-state index contributed by atoms with van der Waals surface area (Å²) < 4.78 is 3.26. The van der Waals surface area contributed by atoms with Gasteiger partial charge < -0.3 is 19.7 Å². The minimum Gasteiger partial charge on any atom is -0.355 e. The quantitative estimate of drug-likeness (QED) is 0.626. The van der Waals surface area contributed by atoms with Crippen LogP contribution in [-0.2, 0) is 13.6 Å². The molecule has 2 heterocycles. The summed E-state index contributed by atoms with van der Waals surface area (Å²) in [5.41, 5.74) is 1.26. The Kier molecular flexibility index (Phi) is 6.96. The van der Waals surface area contributed by atoms with Gasteiger partial charge in [0.15, 0.2) is 5.96 Å². The predicted octanol–water partition coefficient (Wildman–Crippen LogP) is 2.53. The normalized spacial score (nSPS) is 17.5. The van der Waals surface area contributed by atoms with Crippen LogP contribution in [0.15, 0.2) is 21.7 Å². The SMILES string of the molecule is CN=C(NCCN1CCC(C)CC1)N(C)Cc1cc(Br)cn1C. The van der Waals surface area contributed by atoms with Gasteiger partial charge in [0.05, 0.1) is 6.54 Å². The van der Waals surface area contributed by atoms with Crippen molar-refractivity contribution < 1.29 is 0 Å². The first-order valence-electron chi connectivity index (χ1n) is 8.44. The molecule has 0 bridgehead atoms. The van der Waals surface area contributed by atoms with Crippen molar-refractivity contribution in [2.75, 3.05) is 40.3 Å². The second-order valence-corrected chi connectivity index (χ2v) is 7.53. The average molecular weight is 384 g/mol. The van der Waals surface area contributed by atoms with Crippen LogP contribution >= 0.6 is 15.9 Å². The Hall–Kier alpha value is -1.01. The van der Waals surface area contributed by atoms with E-state index in [-0.39, 0.29) is 0 Å². The molecule has 0 radical (unpaired) electrons. The van der Waals surface area contributed by atoms with Gasteiger partial charge in [-0.2, -0.15) is 0 Å². The zero-order chi connectivity index (χ0) is 16.8. The van der Waals surface area contributed by atoms with Gasteiger partial charge in [-0.05, 0) is 53.8 Å². The van der Waals surface area contributed by atoms with Crippen molar-refractivity contribution >= 4 is 21.9 Å². The number of aryl methyl sites for hydroxylation is 1. The van der Waals surface area contributed by atoms with E-state index in [1.807, 2.05) is 7.05 Å². The van der Waals surface area contributed by atoms with Crippen LogP contribution in [0.5, 0.6) is 0 Å². The van der Waals surface area contributed by atoms with Crippen molar-refractivity contribution in [2.45, 2.75) is 26.3 Å². The Morgan fingerprint density at radius 2 is 2.13 bits per heavy atom. The molecule has 2 rings (SSSR count). The zero-order valence-corrected chi connectivity index (χ0v) is 16.4. The monoisotopic (exact) mass is 383 g/mol. The average Bonchev–Trinajstić information content (AvgIpc) is 2.83. The number of guanidine groups is 1. The predicted molar refractivity (Wildman–Crippen MR) is 101 cm³/mol. The third kappa shape index (κ3) is 5.53. The van der Waals surface area contributed by atoms with Crippen LogP contribution in [0.3, 0.4) is 0 Å². The highest BCUT2D eigenvalue weighted by atomic mass is 79.9. The first-order valence-corrected chi connectivity index (χ1v) is 9.23. The second-order valence-electron chi connectivity index (χ2n) is 6.61. The lowest BCUT2D eigenvalue weighted by Gasteiger charge is -2.30. The molecule has 0 unspecified atom stereocenters. The van der Waals surface area contributed by atoms with E-state index in [2.05, 4.69) is 73.9 Å². The molecule has 1 aliphatic rings. The van der Waals surface area contributed by atoms with Gasteiger partial charge in [-0.3, -0.25) is 4.99 Å². The zero-order valence-electron chi connectivity index (χ0n) is 14.8. The Balaban J connectivity index is 1.77. The molecule has 130 valence electrons. The summed E-state index contributed by atoms with van der Waals surface area (Å²) in [5, 5.41) is 3.49. The Labute approximate surface area is 148 Å². The van der Waals surface area contributed by atoms with Gasteiger partial charge in [0.25, 0.3) is 0 Å². The third-order valence-corrected chi connectivity index (χ3v) is 5.07. The summed E-state index contributed by atoms with van der Waals surface area (Å²) in [6.07, 6.45) is 4.74. The number of likely N-dealkylation sites (tertiary alicyclic amines) is 1. The van der Waals surface area contributed by atoms with Crippen LogP contribution in [0.25, 0.3) is 0 Å². The number of aromatic nitrogens is 1. The van der Waals surface area contributed by atoms with Crippen LogP contribution < -0.4 is 5.32 Å². The van der Waals surface area contributed by atoms with Crippen LogP contribution in [0.4, 0.5) is 0 Å². The molecule has 6 heteroatoms. The smallest absolute Gasteiger partial charge is 0.193 e. The van der Waals surface area contributed by atoms with E-state index in [0.29, 0.717) is 0 Å². The highest BCUT2D eigenvalue weighted by Crippen LogP contribution is 2.16. The molecule has 1 aliphatic heterocycles.